The summed E-state index contributed by atoms with van der Waals surface area (Å²) in [7, 11) is -3.36. The molecule has 0 bridgehead atoms. The van der Waals surface area contributed by atoms with Crippen molar-refractivity contribution in [3.05, 3.63) is 29.8 Å². The highest BCUT2D eigenvalue weighted by molar-refractivity contribution is 7.91. The molecule has 5 nitrogen and oxygen atoms in total. The minimum absolute atomic E-state index is 0.286. The first-order valence-corrected chi connectivity index (χ1v) is 7.15. The van der Waals surface area contributed by atoms with Crippen LogP contribution in [0.1, 0.15) is 5.56 Å². The molecule has 0 aromatic heterocycles. The summed E-state index contributed by atoms with van der Waals surface area (Å²) < 4.78 is 21.9. The Morgan fingerprint density at radius 3 is 2.67 bits per heavy atom. The van der Waals surface area contributed by atoms with Crippen LogP contribution in [0.2, 0.25) is 0 Å². The van der Waals surface area contributed by atoms with Gasteiger partial charge in [0.1, 0.15) is 12.4 Å². The van der Waals surface area contributed by atoms with Gasteiger partial charge in [-0.25, -0.2) is 8.42 Å². The van der Waals surface area contributed by atoms with Gasteiger partial charge >= 0.3 is 0 Å². The molecule has 1 aromatic carbocycles. The zero-order valence-corrected chi connectivity index (χ0v) is 10.6. The van der Waals surface area contributed by atoms with E-state index in [2.05, 4.69) is 17.2 Å². The van der Waals surface area contributed by atoms with Crippen molar-refractivity contribution in [3.8, 4) is 11.8 Å². The monoisotopic (exact) mass is 267 g/mol. The number of nitrogens with one attached hydrogen (secondary N) is 1. The fourth-order valence-corrected chi connectivity index (χ4v) is 1.81. The van der Waals surface area contributed by atoms with E-state index in [1.54, 1.807) is 24.3 Å². The van der Waals surface area contributed by atoms with Gasteiger partial charge in [-0.1, -0.05) is 24.0 Å². The van der Waals surface area contributed by atoms with Crippen LogP contribution in [0.3, 0.4) is 0 Å². The van der Waals surface area contributed by atoms with Crippen molar-refractivity contribution in [2.24, 2.45) is 0 Å². The third-order valence-electron chi connectivity index (χ3n) is 1.90. The standard InChI is InChI=1S/C12H13NO4S/c1-18(16,17)9-12(15)13-11-7-3-2-5-10(11)6-4-8-14/h2-3,5,7,14H,8-9H2,1H3,(H,13,15). The molecule has 18 heavy (non-hydrogen) atoms. The number of aliphatic hydroxyl groups excluding tert-OH is 1. The largest absolute Gasteiger partial charge is 0.384 e. The molecule has 2 N–H and O–H groups in total. The van der Waals surface area contributed by atoms with Gasteiger partial charge in [-0.3, -0.25) is 4.79 Å². The normalized spacial score (nSPS) is 10.3. The number of hydrogen-bond donors (Lipinski definition) is 2. The van der Waals surface area contributed by atoms with Crippen molar-refractivity contribution in [1.82, 2.24) is 0 Å². The molecule has 1 aromatic rings. The van der Waals surface area contributed by atoms with Gasteiger partial charge in [-0.15, -0.1) is 0 Å². The van der Waals surface area contributed by atoms with E-state index in [0.717, 1.165) is 6.26 Å². The van der Waals surface area contributed by atoms with Gasteiger partial charge in [0.15, 0.2) is 9.84 Å². The number of para-hydroxylation sites is 1. The zero-order valence-electron chi connectivity index (χ0n) is 9.80. The molecule has 96 valence electrons. The number of anilines is 1. The topological polar surface area (TPSA) is 83.5 Å². The van der Waals surface area contributed by atoms with E-state index >= 15 is 0 Å². The molecule has 0 saturated carbocycles. The van der Waals surface area contributed by atoms with Crippen molar-refractivity contribution in [1.29, 1.82) is 0 Å². The van der Waals surface area contributed by atoms with Crippen LogP contribution >= 0.6 is 0 Å². The first-order chi connectivity index (χ1) is 8.42. The van der Waals surface area contributed by atoms with Crippen LogP contribution in [0.5, 0.6) is 0 Å². The quantitative estimate of drug-likeness (QED) is 0.756. The minimum Gasteiger partial charge on any atom is -0.384 e. The predicted octanol–water partition coefficient (Wildman–Crippen LogP) is 0.0135. The van der Waals surface area contributed by atoms with Gasteiger partial charge in [-0.05, 0) is 12.1 Å². The number of carbonyl (C=O) groups is 1. The second-order valence-corrected chi connectivity index (χ2v) is 5.76. The number of benzene rings is 1. The van der Waals surface area contributed by atoms with E-state index in [0.29, 0.717) is 11.3 Å². The second kappa shape index (κ2) is 6.19. The van der Waals surface area contributed by atoms with Crippen LogP contribution < -0.4 is 5.32 Å². The Morgan fingerprint density at radius 1 is 1.39 bits per heavy atom. The van der Waals surface area contributed by atoms with Gasteiger partial charge in [-0.2, -0.15) is 0 Å². The number of carbonyl (C=O) groups excluding carboxylic acids is 1. The SMILES string of the molecule is CS(=O)(=O)CC(=O)Nc1ccccc1C#CCO. The lowest BCUT2D eigenvalue weighted by atomic mass is 10.2. The maximum Gasteiger partial charge on any atom is 0.239 e. The molecular formula is C12H13NO4S. The highest BCUT2D eigenvalue weighted by Crippen LogP contribution is 2.13. The molecule has 0 spiro atoms. The number of sulfone groups is 1. The Balaban J connectivity index is 2.88. The van der Waals surface area contributed by atoms with Gasteiger partial charge in [0.05, 0.1) is 5.69 Å². The third-order valence-corrected chi connectivity index (χ3v) is 2.68. The molecule has 6 heteroatoms. The minimum atomic E-state index is -3.36. The van der Waals surface area contributed by atoms with Crippen molar-refractivity contribution in [2.75, 3.05) is 23.9 Å². The van der Waals surface area contributed by atoms with Crippen LogP contribution in [0.4, 0.5) is 5.69 Å². The molecule has 0 fully saturated rings. The Morgan fingerprint density at radius 2 is 2.06 bits per heavy atom. The van der Waals surface area contributed by atoms with Crippen molar-refractivity contribution in [2.45, 2.75) is 0 Å². The van der Waals surface area contributed by atoms with E-state index in [-0.39, 0.29) is 6.61 Å². The van der Waals surface area contributed by atoms with Crippen molar-refractivity contribution < 1.29 is 18.3 Å². The zero-order chi connectivity index (χ0) is 13.6. The first-order valence-electron chi connectivity index (χ1n) is 5.09. The molecule has 0 aliphatic heterocycles. The lowest BCUT2D eigenvalue weighted by molar-refractivity contribution is -0.113. The predicted molar refractivity (Wildman–Crippen MR) is 68.7 cm³/mol. The second-order valence-electron chi connectivity index (χ2n) is 3.62. The lowest BCUT2D eigenvalue weighted by Gasteiger charge is -2.06. The summed E-state index contributed by atoms with van der Waals surface area (Å²) in [6.45, 7) is -0.286. The molecule has 0 unspecified atom stereocenters. The summed E-state index contributed by atoms with van der Waals surface area (Å²) in [5.41, 5.74) is 0.945. The third kappa shape index (κ3) is 4.99. The highest BCUT2D eigenvalue weighted by Gasteiger charge is 2.11. The summed E-state index contributed by atoms with van der Waals surface area (Å²) >= 11 is 0. The summed E-state index contributed by atoms with van der Waals surface area (Å²) in [6, 6.07) is 6.70. The molecule has 0 atom stereocenters. The summed E-state index contributed by atoms with van der Waals surface area (Å²) in [4.78, 5) is 11.5. The van der Waals surface area contributed by atoms with E-state index in [9.17, 15) is 13.2 Å². The molecule has 0 heterocycles. The van der Waals surface area contributed by atoms with Crippen LogP contribution in [-0.4, -0.2) is 38.0 Å². The van der Waals surface area contributed by atoms with Crippen LogP contribution in [0, 0.1) is 11.8 Å². The number of rotatable bonds is 3. The number of aliphatic hydroxyl groups is 1. The van der Waals surface area contributed by atoms with Gasteiger partial charge in [0, 0.05) is 11.8 Å². The Kier molecular flexibility index (Phi) is 4.89. The van der Waals surface area contributed by atoms with Crippen LogP contribution in [-0.2, 0) is 14.6 Å². The van der Waals surface area contributed by atoms with Gasteiger partial charge in [0.2, 0.25) is 5.91 Å². The summed E-state index contributed by atoms with van der Waals surface area (Å²) in [5, 5.41) is 11.1. The molecule has 1 amide bonds. The van der Waals surface area contributed by atoms with E-state index in [4.69, 9.17) is 5.11 Å². The molecule has 0 aliphatic rings. The van der Waals surface area contributed by atoms with E-state index in [1.807, 2.05) is 0 Å². The maximum absolute atomic E-state index is 11.5. The number of hydrogen-bond acceptors (Lipinski definition) is 4. The Bertz CT molecular complexity index is 596. The summed E-state index contributed by atoms with van der Waals surface area (Å²) in [5.74, 6) is 3.94. The molecule has 1 rings (SSSR count). The Labute approximate surface area is 106 Å². The average Bonchev–Trinajstić information content (AvgIpc) is 2.25. The molecule has 0 aliphatic carbocycles. The van der Waals surface area contributed by atoms with Crippen molar-refractivity contribution in [3.63, 3.8) is 0 Å². The highest BCUT2D eigenvalue weighted by atomic mass is 32.2. The fourth-order valence-electron chi connectivity index (χ4n) is 1.26. The first kappa shape index (κ1) is 14.2. The van der Waals surface area contributed by atoms with Crippen LogP contribution in [0.15, 0.2) is 24.3 Å². The van der Waals surface area contributed by atoms with E-state index in [1.165, 1.54) is 0 Å². The molecule has 0 radical (unpaired) electrons. The van der Waals surface area contributed by atoms with Gasteiger partial charge in [0.25, 0.3) is 0 Å². The smallest absolute Gasteiger partial charge is 0.239 e. The average molecular weight is 267 g/mol. The lowest BCUT2D eigenvalue weighted by Crippen LogP contribution is -2.22. The maximum atomic E-state index is 11.5. The van der Waals surface area contributed by atoms with E-state index < -0.39 is 21.5 Å². The van der Waals surface area contributed by atoms with Crippen molar-refractivity contribution >= 4 is 21.4 Å². The summed E-state index contributed by atoms with van der Waals surface area (Å²) in [6.07, 6.45) is 0.990. The Hall–Kier alpha value is -1.84. The van der Waals surface area contributed by atoms with Gasteiger partial charge < -0.3 is 10.4 Å². The molecule has 0 saturated heterocycles. The van der Waals surface area contributed by atoms with Crippen LogP contribution in [0.25, 0.3) is 0 Å². The fraction of sp³-hybridized carbons (Fsp3) is 0.250. The number of amides is 1. The molecular weight excluding hydrogens is 254 g/mol.